The second kappa shape index (κ2) is 8.72. The summed E-state index contributed by atoms with van der Waals surface area (Å²) in [5.74, 6) is 0.603. The summed E-state index contributed by atoms with van der Waals surface area (Å²) in [7, 11) is 0. The summed E-state index contributed by atoms with van der Waals surface area (Å²) in [6, 6.07) is 25.1. The Hall–Kier alpha value is -3.11. The Kier molecular flexibility index (Phi) is 5.69. The molecule has 142 valence electrons. The van der Waals surface area contributed by atoms with Crippen LogP contribution in [-0.4, -0.2) is 25.2 Å². The molecule has 0 spiro atoms. The quantitative estimate of drug-likeness (QED) is 0.649. The van der Waals surface area contributed by atoms with Gasteiger partial charge in [-0.1, -0.05) is 48.5 Å². The Balaban J connectivity index is 1.43. The van der Waals surface area contributed by atoms with Gasteiger partial charge in [-0.25, -0.2) is 0 Å². The first-order valence-electron chi connectivity index (χ1n) is 9.60. The molecular weight excluding hydrogens is 350 g/mol. The van der Waals surface area contributed by atoms with Crippen molar-refractivity contribution in [3.05, 3.63) is 84.4 Å². The van der Waals surface area contributed by atoms with Crippen molar-refractivity contribution >= 4 is 11.6 Å². The molecule has 1 saturated heterocycles. The molecule has 0 aliphatic carbocycles. The first kappa shape index (κ1) is 18.3. The average molecular weight is 373 g/mol. The fourth-order valence-electron chi connectivity index (χ4n) is 3.32. The third-order valence-electron chi connectivity index (χ3n) is 4.84. The molecule has 0 saturated carbocycles. The summed E-state index contributed by atoms with van der Waals surface area (Å²) in [4.78, 5) is 12.7. The van der Waals surface area contributed by atoms with E-state index in [1.165, 1.54) is 0 Å². The Morgan fingerprint density at radius 2 is 1.71 bits per heavy atom. The van der Waals surface area contributed by atoms with Gasteiger partial charge in [0.05, 0.1) is 6.10 Å². The largest absolute Gasteiger partial charge is 0.491 e. The highest BCUT2D eigenvalue weighted by molar-refractivity contribution is 6.06. The van der Waals surface area contributed by atoms with E-state index < -0.39 is 0 Å². The zero-order valence-corrected chi connectivity index (χ0v) is 15.6. The molecule has 1 aliphatic heterocycles. The van der Waals surface area contributed by atoms with Crippen LogP contribution in [0.25, 0.3) is 11.1 Å². The third kappa shape index (κ3) is 4.41. The van der Waals surface area contributed by atoms with E-state index in [0.29, 0.717) is 12.2 Å². The summed E-state index contributed by atoms with van der Waals surface area (Å²) >= 11 is 0. The maximum absolute atomic E-state index is 12.7. The van der Waals surface area contributed by atoms with Crippen LogP contribution < -0.4 is 10.1 Å². The van der Waals surface area contributed by atoms with Crippen LogP contribution in [-0.2, 0) is 4.74 Å². The molecular formula is C24H23NO3. The van der Waals surface area contributed by atoms with E-state index in [1.807, 2.05) is 66.7 Å². The molecule has 4 nitrogen and oxygen atoms in total. The van der Waals surface area contributed by atoms with Crippen molar-refractivity contribution in [2.24, 2.45) is 0 Å². The summed E-state index contributed by atoms with van der Waals surface area (Å²) in [6.45, 7) is 1.37. The van der Waals surface area contributed by atoms with E-state index in [0.717, 1.165) is 42.0 Å². The van der Waals surface area contributed by atoms with Gasteiger partial charge in [0.25, 0.3) is 5.91 Å². The van der Waals surface area contributed by atoms with Gasteiger partial charge in [0.1, 0.15) is 12.4 Å². The maximum atomic E-state index is 12.7. The van der Waals surface area contributed by atoms with E-state index in [-0.39, 0.29) is 12.0 Å². The second-order valence-electron chi connectivity index (χ2n) is 6.84. The van der Waals surface area contributed by atoms with Crippen molar-refractivity contribution in [1.82, 2.24) is 0 Å². The SMILES string of the molecule is O=C(Nc1ccccc1-c1ccccc1)c1ccc(OCC2CCCO2)cc1. The van der Waals surface area contributed by atoms with Gasteiger partial charge in [-0.05, 0) is 48.7 Å². The van der Waals surface area contributed by atoms with E-state index in [1.54, 1.807) is 12.1 Å². The third-order valence-corrected chi connectivity index (χ3v) is 4.84. The smallest absolute Gasteiger partial charge is 0.255 e. The molecule has 1 atom stereocenters. The summed E-state index contributed by atoms with van der Waals surface area (Å²) < 4.78 is 11.3. The van der Waals surface area contributed by atoms with Crippen LogP contribution in [0.5, 0.6) is 5.75 Å². The zero-order chi connectivity index (χ0) is 19.2. The lowest BCUT2D eigenvalue weighted by molar-refractivity contribution is 0.0679. The van der Waals surface area contributed by atoms with Gasteiger partial charge in [-0.15, -0.1) is 0 Å². The summed E-state index contributed by atoms with van der Waals surface area (Å²) in [5, 5.41) is 3.02. The van der Waals surface area contributed by atoms with E-state index in [4.69, 9.17) is 9.47 Å². The van der Waals surface area contributed by atoms with Crippen molar-refractivity contribution in [3.8, 4) is 16.9 Å². The molecule has 0 aromatic heterocycles. The number of benzene rings is 3. The van der Waals surface area contributed by atoms with Crippen LogP contribution >= 0.6 is 0 Å². The molecule has 4 heteroatoms. The van der Waals surface area contributed by atoms with Gasteiger partial charge in [0, 0.05) is 23.4 Å². The van der Waals surface area contributed by atoms with Crippen molar-refractivity contribution in [3.63, 3.8) is 0 Å². The van der Waals surface area contributed by atoms with Gasteiger partial charge in [-0.2, -0.15) is 0 Å². The van der Waals surface area contributed by atoms with Crippen LogP contribution in [0.3, 0.4) is 0 Å². The molecule has 3 aromatic carbocycles. The number of carbonyl (C=O) groups excluding carboxylic acids is 1. The highest BCUT2D eigenvalue weighted by Gasteiger charge is 2.16. The van der Waals surface area contributed by atoms with E-state index >= 15 is 0 Å². The number of anilines is 1. The van der Waals surface area contributed by atoms with Crippen LogP contribution in [0.2, 0.25) is 0 Å². The number of hydrogen-bond acceptors (Lipinski definition) is 3. The molecule has 0 radical (unpaired) electrons. The molecule has 4 rings (SSSR count). The molecule has 3 aromatic rings. The van der Waals surface area contributed by atoms with Gasteiger partial charge in [-0.3, -0.25) is 4.79 Å². The molecule has 1 fully saturated rings. The molecule has 1 amide bonds. The van der Waals surface area contributed by atoms with Gasteiger partial charge in [0.15, 0.2) is 0 Å². The second-order valence-corrected chi connectivity index (χ2v) is 6.84. The average Bonchev–Trinajstić information content (AvgIpc) is 3.27. The minimum absolute atomic E-state index is 0.144. The number of amides is 1. The topological polar surface area (TPSA) is 47.6 Å². The fraction of sp³-hybridized carbons (Fsp3) is 0.208. The number of ether oxygens (including phenoxy) is 2. The normalized spacial score (nSPS) is 15.9. The molecule has 1 unspecified atom stereocenters. The zero-order valence-electron chi connectivity index (χ0n) is 15.6. The van der Waals surface area contributed by atoms with Crippen molar-refractivity contribution in [2.75, 3.05) is 18.5 Å². The molecule has 1 aliphatic rings. The number of hydrogen-bond donors (Lipinski definition) is 1. The fourth-order valence-corrected chi connectivity index (χ4v) is 3.32. The Morgan fingerprint density at radius 1 is 0.964 bits per heavy atom. The van der Waals surface area contributed by atoms with Crippen LogP contribution in [0.1, 0.15) is 23.2 Å². The van der Waals surface area contributed by atoms with Crippen molar-refractivity contribution < 1.29 is 14.3 Å². The van der Waals surface area contributed by atoms with Crippen LogP contribution in [0, 0.1) is 0 Å². The molecule has 0 bridgehead atoms. The lowest BCUT2D eigenvalue weighted by Gasteiger charge is -2.13. The Bertz CT molecular complexity index is 916. The summed E-state index contributed by atoms with van der Waals surface area (Å²) in [5.41, 5.74) is 3.44. The van der Waals surface area contributed by atoms with Crippen LogP contribution in [0.15, 0.2) is 78.9 Å². The van der Waals surface area contributed by atoms with Gasteiger partial charge < -0.3 is 14.8 Å². The van der Waals surface area contributed by atoms with E-state index in [9.17, 15) is 4.79 Å². The highest BCUT2D eigenvalue weighted by atomic mass is 16.5. The number of nitrogens with one attached hydrogen (secondary N) is 1. The number of para-hydroxylation sites is 1. The maximum Gasteiger partial charge on any atom is 0.255 e. The van der Waals surface area contributed by atoms with Gasteiger partial charge >= 0.3 is 0 Å². The summed E-state index contributed by atoms with van der Waals surface area (Å²) in [6.07, 6.45) is 2.32. The van der Waals surface area contributed by atoms with Crippen molar-refractivity contribution in [2.45, 2.75) is 18.9 Å². The van der Waals surface area contributed by atoms with Gasteiger partial charge in [0.2, 0.25) is 0 Å². The molecule has 1 heterocycles. The number of rotatable bonds is 6. The molecule has 28 heavy (non-hydrogen) atoms. The van der Waals surface area contributed by atoms with E-state index in [2.05, 4.69) is 5.32 Å². The lowest BCUT2D eigenvalue weighted by Crippen LogP contribution is -2.16. The standard InChI is InChI=1S/C24H23NO3/c26-24(19-12-14-20(15-13-19)28-17-21-9-6-16-27-21)25-23-11-5-4-10-22(23)18-7-2-1-3-8-18/h1-5,7-8,10-15,21H,6,9,16-17H2,(H,25,26). The first-order valence-corrected chi connectivity index (χ1v) is 9.60. The van der Waals surface area contributed by atoms with Crippen LogP contribution in [0.4, 0.5) is 5.69 Å². The minimum Gasteiger partial charge on any atom is -0.491 e. The van der Waals surface area contributed by atoms with Crippen molar-refractivity contribution in [1.29, 1.82) is 0 Å². The highest BCUT2D eigenvalue weighted by Crippen LogP contribution is 2.28. The predicted molar refractivity (Wildman–Crippen MR) is 111 cm³/mol. The lowest BCUT2D eigenvalue weighted by atomic mass is 10.0. The molecule has 1 N–H and O–H groups in total. The Morgan fingerprint density at radius 3 is 2.46 bits per heavy atom. The predicted octanol–water partition coefficient (Wildman–Crippen LogP) is 5.16. The minimum atomic E-state index is -0.144. The number of carbonyl (C=O) groups is 1. The Labute approximate surface area is 165 Å². The first-order chi connectivity index (χ1) is 13.8. The monoisotopic (exact) mass is 373 g/mol.